The van der Waals surface area contributed by atoms with Crippen LogP contribution in [0.4, 0.5) is 0 Å². The normalized spacial score (nSPS) is 20.7. The molecule has 0 bridgehead atoms. The number of rotatable bonds is 1. The second-order valence-electron chi connectivity index (χ2n) is 4.82. The van der Waals surface area contributed by atoms with Crippen molar-refractivity contribution in [1.29, 1.82) is 0 Å². The van der Waals surface area contributed by atoms with E-state index in [2.05, 4.69) is 46.8 Å². The first-order chi connectivity index (χ1) is 8.74. The minimum Gasteiger partial charge on any atom is -0.357 e. The van der Waals surface area contributed by atoms with Crippen LogP contribution in [-0.4, -0.2) is 24.0 Å². The molecule has 3 N–H and O–H groups in total. The lowest BCUT2D eigenvalue weighted by molar-refractivity contribution is -0.121. The minimum atomic E-state index is 0.0827. The molecule has 2 aromatic rings. The summed E-state index contributed by atoms with van der Waals surface area (Å²) in [4.78, 5) is 15.0. The van der Waals surface area contributed by atoms with Gasteiger partial charge in [0.2, 0.25) is 5.91 Å². The van der Waals surface area contributed by atoms with Crippen molar-refractivity contribution < 1.29 is 4.79 Å². The summed E-state index contributed by atoms with van der Waals surface area (Å²) < 4.78 is 0. The molecule has 4 nitrogen and oxygen atoms in total. The monoisotopic (exact) mass is 243 g/mol. The van der Waals surface area contributed by atoms with E-state index in [0.717, 1.165) is 12.2 Å². The van der Waals surface area contributed by atoms with Crippen molar-refractivity contribution in [2.24, 2.45) is 0 Å². The topological polar surface area (TPSA) is 56.9 Å². The summed E-state index contributed by atoms with van der Waals surface area (Å²) in [7, 11) is 0. The highest BCUT2D eigenvalue weighted by atomic mass is 16.1. The molecule has 0 aliphatic carbocycles. The highest BCUT2D eigenvalue weighted by molar-refractivity contribution is 5.84. The molecule has 3 rings (SSSR count). The molecule has 1 aromatic heterocycles. The fourth-order valence-electron chi connectivity index (χ4n) is 2.52. The Morgan fingerprint density at radius 3 is 3.00 bits per heavy atom. The van der Waals surface area contributed by atoms with Gasteiger partial charge >= 0.3 is 0 Å². The Morgan fingerprint density at radius 1 is 1.28 bits per heavy atom. The van der Waals surface area contributed by atoms with E-state index < -0.39 is 0 Å². The number of hydrogen-bond donors (Lipinski definition) is 3. The fourth-order valence-corrected chi connectivity index (χ4v) is 2.52. The molecule has 94 valence electrons. The predicted molar refractivity (Wildman–Crippen MR) is 71.4 cm³/mol. The fraction of sp³-hybridized carbons (Fsp3) is 0.357. The van der Waals surface area contributed by atoms with E-state index in [1.807, 2.05) is 0 Å². The second kappa shape index (κ2) is 4.46. The van der Waals surface area contributed by atoms with E-state index in [-0.39, 0.29) is 11.9 Å². The Morgan fingerprint density at radius 2 is 2.17 bits per heavy atom. The van der Waals surface area contributed by atoms with E-state index >= 15 is 0 Å². The molecule has 4 heteroatoms. The molecule has 1 fully saturated rings. The third kappa shape index (κ3) is 1.99. The molecule has 0 spiro atoms. The number of aryl methyl sites for hydroxylation is 1. The summed E-state index contributed by atoms with van der Waals surface area (Å²) >= 11 is 0. The molecule has 1 atom stereocenters. The van der Waals surface area contributed by atoms with Gasteiger partial charge in [0.15, 0.2) is 0 Å². The lowest BCUT2D eigenvalue weighted by atomic mass is 10.1. The highest BCUT2D eigenvalue weighted by Crippen LogP contribution is 2.24. The van der Waals surface area contributed by atoms with E-state index in [4.69, 9.17) is 0 Å². The van der Waals surface area contributed by atoms with Crippen LogP contribution >= 0.6 is 0 Å². The van der Waals surface area contributed by atoms with Gasteiger partial charge < -0.3 is 15.6 Å². The predicted octanol–water partition coefficient (Wildman–Crippen LogP) is 1.63. The first-order valence-corrected chi connectivity index (χ1v) is 6.32. The number of amides is 1. The van der Waals surface area contributed by atoms with Gasteiger partial charge in [-0.15, -0.1) is 0 Å². The molecule has 0 radical (unpaired) electrons. The van der Waals surface area contributed by atoms with Crippen LogP contribution in [0.15, 0.2) is 24.3 Å². The highest BCUT2D eigenvalue weighted by Gasteiger charge is 2.20. The van der Waals surface area contributed by atoms with Crippen LogP contribution in [0.3, 0.4) is 0 Å². The number of hydrogen-bond acceptors (Lipinski definition) is 2. The van der Waals surface area contributed by atoms with Gasteiger partial charge in [-0.3, -0.25) is 4.79 Å². The van der Waals surface area contributed by atoms with Gasteiger partial charge in [0, 0.05) is 30.7 Å². The van der Waals surface area contributed by atoms with Crippen molar-refractivity contribution in [3.8, 4) is 0 Å². The molecular weight excluding hydrogens is 226 g/mol. The summed E-state index contributed by atoms with van der Waals surface area (Å²) in [5.74, 6) is 0.111. The Balaban J connectivity index is 1.98. The van der Waals surface area contributed by atoms with Gasteiger partial charge in [0.1, 0.15) is 0 Å². The van der Waals surface area contributed by atoms with Crippen LogP contribution in [-0.2, 0) is 4.79 Å². The quantitative estimate of drug-likeness (QED) is 0.713. The van der Waals surface area contributed by atoms with Gasteiger partial charge in [0.05, 0.1) is 6.04 Å². The first kappa shape index (κ1) is 11.3. The average molecular weight is 243 g/mol. The van der Waals surface area contributed by atoms with Gasteiger partial charge in [-0.1, -0.05) is 18.2 Å². The zero-order chi connectivity index (χ0) is 12.5. The summed E-state index contributed by atoms with van der Waals surface area (Å²) in [5, 5.41) is 7.47. The van der Waals surface area contributed by atoms with Crippen molar-refractivity contribution in [1.82, 2.24) is 15.6 Å². The zero-order valence-corrected chi connectivity index (χ0v) is 10.4. The van der Waals surface area contributed by atoms with E-state index in [9.17, 15) is 4.79 Å². The lowest BCUT2D eigenvalue weighted by Crippen LogP contribution is -2.24. The molecular formula is C14H17N3O. The summed E-state index contributed by atoms with van der Waals surface area (Å²) in [6, 6.07) is 8.47. The number of aromatic amines is 1. The number of para-hydroxylation sites is 1. The maximum atomic E-state index is 11.6. The number of H-pyrrole nitrogens is 1. The van der Waals surface area contributed by atoms with E-state index in [1.54, 1.807) is 0 Å². The largest absolute Gasteiger partial charge is 0.357 e. The second-order valence-corrected chi connectivity index (χ2v) is 4.82. The number of nitrogens with one attached hydrogen (secondary N) is 3. The summed E-state index contributed by atoms with van der Waals surface area (Å²) in [6.07, 6.45) is 0.492. The first-order valence-electron chi connectivity index (χ1n) is 6.32. The Kier molecular flexibility index (Phi) is 2.80. The van der Waals surface area contributed by atoms with E-state index in [1.165, 1.54) is 16.5 Å². The smallest absolute Gasteiger partial charge is 0.222 e. The zero-order valence-electron chi connectivity index (χ0n) is 10.4. The maximum absolute atomic E-state index is 11.6. The maximum Gasteiger partial charge on any atom is 0.222 e. The van der Waals surface area contributed by atoms with Crippen molar-refractivity contribution in [2.75, 3.05) is 13.1 Å². The van der Waals surface area contributed by atoms with Crippen LogP contribution < -0.4 is 10.6 Å². The Bertz CT molecular complexity index is 588. The third-order valence-corrected chi connectivity index (χ3v) is 3.49. The molecule has 1 aliphatic heterocycles. The molecule has 1 amide bonds. The van der Waals surface area contributed by atoms with Gasteiger partial charge in [-0.05, 0) is 23.9 Å². The van der Waals surface area contributed by atoms with Crippen molar-refractivity contribution in [2.45, 2.75) is 19.4 Å². The number of carbonyl (C=O) groups is 1. The van der Waals surface area contributed by atoms with Gasteiger partial charge in [0.25, 0.3) is 0 Å². The van der Waals surface area contributed by atoms with E-state index in [0.29, 0.717) is 13.0 Å². The summed E-state index contributed by atoms with van der Waals surface area (Å²) in [5.41, 5.74) is 3.49. The van der Waals surface area contributed by atoms with Crippen LogP contribution in [0.1, 0.15) is 23.7 Å². The van der Waals surface area contributed by atoms with Gasteiger partial charge in [-0.25, -0.2) is 0 Å². The molecule has 18 heavy (non-hydrogen) atoms. The van der Waals surface area contributed by atoms with Crippen LogP contribution in [0.5, 0.6) is 0 Å². The van der Waals surface area contributed by atoms with Crippen LogP contribution in [0, 0.1) is 6.92 Å². The SMILES string of the molecule is Cc1cccc2cc(C3CC(=O)NCCN3)[nH]c12. The minimum absolute atomic E-state index is 0.0827. The van der Waals surface area contributed by atoms with Crippen molar-refractivity contribution in [3.05, 3.63) is 35.5 Å². The average Bonchev–Trinajstić information content (AvgIpc) is 2.67. The molecule has 0 saturated carbocycles. The lowest BCUT2D eigenvalue weighted by Gasteiger charge is -2.12. The third-order valence-electron chi connectivity index (χ3n) is 3.49. The Hall–Kier alpha value is -1.81. The number of carbonyl (C=O) groups excluding carboxylic acids is 1. The van der Waals surface area contributed by atoms with Gasteiger partial charge in [-0.2, -0.15) is 0 Å². The standard InChI is InChI=1S/C14H17N3O/c1-9-3-2-4-10-7-12(17-14(9)10)11-8-13(18)16-6-5-15-11/h2-4,7,11,15,17H,5-6,8H2,1H3,(H,16,18). The van der Waals surface area contributed by atoms with Crippen molar-refractivity contribution >= 4 is 16.8 Å². The summed E-state index contributed by atoms with van der Waals surface area (Å²) in [6.45, 7) is 3.61. The number of benzene rings is 1. The molecule has 1 unspecified atom stereocenters. The number of fused-ring (bicyclic) bond motifs is 1. The molecule has 1 aliphatic rings. The van der Waals surface area contributed by atoms with Crippen molar-refractivity contribution in [3.63, 3.8) is 0 Å². The number of aromatic nitrogens is 1. The Labute approximate surface area is 106 Å². The molecule has 1 saturated heterocycles. The molecule has 1 aromatic carbocycles. The van der Waals surface area contributed by atoms with Crippen LogP contribution in [0.2, 0.25) is 0 Å². The van der Waals surface area contributed by atoms with Crippen LogP contribution in [0.25, 0.3) is 10.9 Å². The molecule has 2 heterocycles.